The number of hydrogen-bond acceptors (Lipinski definition) is 4. The third-order valence-electron chi connectivity index (χ3n) is 4.56. The second-order valence-electron chi connectivity index (χ2n) is 6.65. The summed E-state index contributed by atoms with van der Waals surface area (Å²) in [6.07, 6.45) is 2.62. The number of carbonyl (C=O) groups is 1. The summed E-state index contributed by atoms with van der Waals surface area (Å²) >= 11 is 0. The molecule has 1 unspecified atom stereocenters. The number of rotatable bonds is 7. The Bertz CT molecular complexity index is 676. The van der Waals surface area contributed by atoms with E-state index in [0.717, 1.165) is 44.5 Å². The van der Waals surface area contributed by atoms with Crippen LogP contribution in [0.1, 0.15) is 33.1 Å². The van der Waals surface area contributed by atoms with E-state index in [1.165, 1.54) is 12.1 Å². The third kappa shape index (κ3) is 5.93. The van der Waals surface area contributed by atoms with E-state index in [1.807, 2.05) is 11.8 Å². The number of benzene rings is 1. The highest BCUT2D eigenvalue weighted by Gasteiger charge is 2.31. The molecule has 26 heavy (non-hydrogen) atoms. The van der Waals surface area contributed by atoms with Gasteiger partial charge in [-0.15, -0.1) is 12.4 Å². The zero-order valence-corrected chi connectivity index (χ0v) is 16.9. The number of halogens is 2. The van der Waals surface area contributed by atoms with Gasteiger partial charge in [0.1, 0.15) is 5.82 Å². The SMILES string of the molecule is CCCN(C(=O)C(C)CS(=O)(=O)c1ccc(F)cc1)C1CCNCC1.Cl. The first-order chi connectivity index (χ1) is 11.8. The molecule has 1 aromatic rings. The average molecular weight is 407 g/mol. The number of nitrogens with zero attached hydrogens (tertiary/aromatic N) is 1. The van der Waals surface area contributed by atoms with E-state index in [-0.39, 0.29) is 35.0 Å². The number of amides is 1. The Kier molecular flexibility index (Phi) is 9.00. The van der Waals surface area contributed by atoms with Crippen LogP contribution in [0, 0.1) is 11.7 Å². The van der Waals surface area contributed by atoms with Crippen LogP contribution >= 0.6 is 12.4 Å². The Morgan fingerprint density at radius 3 is 2.38 bits per heavy atom. The first-order valence-corrected chi connectivity index (χ1v) is 10.5. The Balaban J connectivity index is 0.00000338. The largest absolute Gasteiger partial charge is 0.339 e. The van der Waals surface area contributed by atoms with E-state index in [0.29, 0.717) is 6.54 Å². The summed E-state index contributed by atoms with van der Waals surface area (Å²) in [6, 6.07) is 4.91. The molecule has 1 amide bonds. The van der Waals surface area contributed by atoms with Crippen molar-refractivity contribution >= 4 is 28.2 Å². The minimum absolute atomic E-state index is 0. The standard InChI is InChI=1S/C18H27FN2O3S.ClH/c1-3-12-21(16-8-10-20-11-9-16)18(22)14(2)13-25(23,24)17-6-4-15(19)5-7-17;/h4-7,14,16,20H,3,8-13H2,1-2H3;1H. The van der Waals surface area contributed by atoms with E-state index < -0.39 is 21.6 Å². The number of hydrogen-bond donors (Lipinski definition) is 1. The van der Waals surface area contributed by atoms with Gasteiger partial charge in [-0.25, -0.2) is 12.8 Å². The number of sulfone groups is 1. The molecule has 5 nitrogen and oxygen atoms in total. The van der Waals surface area contributed by atoms with Crippen LogP contribution in [0.4, 0.5) is 4.39 Å². The van der Waals surface area contributed by atoms with Crippen LogP contribution in [0.15, 0.2) is 29.2 Å². The number of carbonyl (C=O) groups excluding carboxylic acids is 1. The second kappa shape index (κ2) is 10.2. The molecule has 1 fully saturated rings. The zero-order chi connectivity index (χ0) is 18.4. The van der Waals surface area contributed by atoms with E-state index in [1.54, 1.807) is 6.92 Å². The summed E-state index contributed by atoms with van der Waals surface area (Å²) in [5.41, 5.74) is 0. The minimum atomic E-state index is -3.63. The summed E-state index contributed by atoms with van der Waals surface area (Å²) in [5, 5.41) is 3.28. The van der Waals surface area contributed by atoms with Crippen LogP contribution in [0.5, 0.6) is 0 Å². The van der Waals surface area contributed by atoms with Crippen LogP contribution in [0.25, 0.3) is 0 Å². The second-order valence-corrected chi connectivity index (χ2v) is 8.68. The lowest BCUT2D eigenvalue weighted by Crippen LogP contribution is -2.49. The molecule has 1 aliphatic rings. The highest BCUT2D eigenvalue weighted by molar-refractivity contribution is 7.91. The van der Waals surface area contributed by atoms with Crippen LogP contribution in [0.2, 0.25) is 0 Å². The first-order valence-electron chi connectivity index (χ1n) is 8.84. The molecule has 1 N–H and O–H groups in total. The number of nitrogens with one attached hydrogen (secondary N) is 1. The number of piperidine rings is 1. The molecular formula is C18H28ClFN2O3S. The van der Waals surface area contributed by atoms with Crippen molar-refractivity contribution in [1.29, 1.82) is 0 Å². The lowest BCUT2D eigenvalue weighted by Gasteiger charge is -2.36. The fraction of sp³-hybridized carbons (Fsp3) is 0.611. The molecular weight excluding hydrogens is 379 g/mol. The van der Waals surface area contributed by atoms with Crippen LogP contribution in [-0.4, -0.2) is 50.7 Å². The minimum Gasteiger partial charge on any atom is -0.339 e. The van der Waals surface area contributed by atoms with Crippen molar-refractivity contribution in [2.24, 2.45) is 5.92 Å². The van der Waals surface area contributed by atoms with E-state index in [2.05, 4.69) is 5.32 Å². The van der Waals surface area contributed by atoms with Crippen molar-refractivity contribution < 1.29 is 17.6 Å². The fourth-order valence-electron chi connectivity index (χ4n) is 3.25. The van der Waals surface area contributed by atoms with Crippen LogP contribution < -0.4 is 5.32 Å². The topological polar surface area (TPSA) is 66.5 Å². The normalized spacial score (nSPS) is 16.6. The Morgan fingerprint density at radius 2 is 1.85 bits per heavy atom. The van der Waals surface area contributed by atoms with Gasteiger partial charge in [0.25, 0.3) is 0 Å². The van der Waals surface area contributed by atoms with Gasteiger partial charge >= 0.3 is 0 Å². The molecule has 0 saturated carbocycles. The predicted molar refractivity (Wildman–Crippen MR) is 103 cm³/mol. The van der Waals surface area contributed by atoms with Gasteiger partial charge in [-0.3, -0.25) is 4.79 Å². The van der Waals surface area contributed by atoms with Crippen molar-refractivity contribution in [1.82, 2.24) is 10.2 Å². The first kappa shape index (κ1) is 22.9. The molecule has 1 heterocycles. The summed E-state index contributed by atoms with van der Waals surface area (Å²) in [5.74, 6) is -1.48. The molecule has 1 aromatic carbocycles. The summed E-state index contributed by atoms with van der Waals surface area (Å²) in [7, 11) is -3.63. The molecule has 148 valence electrons. The van der Waals surface area contributed by atoms with E-state index >= 15 is 0 Å². The van der Waals surface area contributed by atoms with Crippen molar-refractivity contribution in [3.05, 3.63) is 30.1 Å². The highest BCUT2D eigenvalue weighted by atomic mass is 35.5. The Morgan fingerprint density at radius 1 is 1.27 bits per heavy atom. The maximum atomic E-state index is 13.0. The van der Waals surface area contributed by atoms with Crippen molar-refractivity contribution in [3.8, 4) is 0 Å². The smallest absolute Gasteiger partial charge is 0.226 e. The molecule has 8 heteroatoms. The van der Waals surface area contributed by atoms with Crippen LogP contribution in [0.3, 0.4) is 0 Å². The highest BCUT2D eigenvalue weighted by Crippen LogP contribution is 2.20. The van der Waals surface area contributed by atoms with Gasteiger partial charge in [-0.2, -0.15) is 0 Å². The third-order valence-corrected chi connectivity index (χ3v) is 6.49. The lowest BCUT2D eigenvalue weighted by atomic mass is 10.0. The van der Waals surface area contributed by atoms with Crippen molar-refractivity contribution in [2.75, 3.05) is 25.4 Å². The molecule has 1 saturated heterocycles. The lowest BCUT2D eigenvalue weighted by molar-refractivity contribution is -0.137. The molecule has 0 bridgehead atoms. The molecule has 0 aliphatic carbocycles. The van der Waals surface area contributed by atoms with Gasteiger partial charge in [-0.1, -0.05) is 13.8 Å². The molecule has 1 aliphatic heterocycles. The van der Waals surface area contributed by atoms with Crippen LogP contribution in [-0.2, 0) is 14.6 Å². The van der Waals surface area contributed by atoms with Gasteiger partial charge in [0.05, 0.1) is 10.6 Å². The Labute approximate surface area is 161 Å². The van der Waals surface area contributed by atoms with E-state index in [9.17, 15) is 17.6 Å². The van der Waals surface area contributed by atoms with Gasteiger partial charge in [-0.05, 0) is 56.6 Å². The molecule has 0 aromatic heterocycles. The van der Waals surface area contributed by atoms with Gasteiger partial charge in [0, 0.05) is 18.5 Å². The average Bonchev–Trinajstić information content (AvgIpc) is 2.60. The zero-order valence-electron chi connectivity index (χ0n) is 15.3. The molecule has 0 radical (unpaired) electrons. The monoisotopic (exact) mass is 406 g/mol. The predicted octanol–water partition coefficient (Wildman–Crippen LogP) is 2.65. The maximum absolute atomic E-state index is 13.0. The molecule has 0 spiro atoms. The maximum Gasteiger partial charge on any atom is 0.226 e. The summed E-state index contributed by atoms with van der Waals surface area (Å²) in [6.45, 7) is 6.07. The fourth-order valence-corrected chi connectivity index (χ4v) is 4.80. The van der Waals surface area contributed by atoms with Gasteiger partial charge in [0.15, 0.2) is 9.84 Å². The molecule has 2 rings (SSSR count). The summed E-state index contributed by atoms with van der Waals surface area (Å²) in [4.78, 5) is 14.8. The Hall–Kier alpha value is -1.18. The van der Waals surface area contributed by atoms with Crippen molar-refractivity contribution in [3.63, 3.8) is 0 Å². The molecule has 1 atom stereocenters. The van der Waals surface area contributed by atoms with Crippen molar-refractivity contribution in [2.45, 2.75) is 44.0 Å². The van der Waals surface area contributed by atoms with Gasteiger partial charge in [0.2, 0.25) is 5.91 Å². The van der Waals surface area contributed by atoms with Gasteiger partial charge < -0.3 is 10.2 Å². The summed E-state index contributed by atoms with van der Waals surface area (Å²) < 4.78 is 38.0. The quantitative estimate of drug-likeness (QED) is 0.707. The van der Waals surface area contributed by atoms with E-state index in [4.69, 9.17) is 0 Å².